The molecule has 0 amide bonds. The summed E-state index contributed by atoms with van der Waals surface area (Å²) in [5.41, 5.74) is 1.49. The van der Waals surface area contributed by atoms with E-state index in [-0.39, 0.29) is 6.10 Å². The molecule has 0 spiro atoms. The summed E-state index contributed by atoms with van der Waals surface area (Å²) in [5.74, 6) is 0. The van der Waals surface area contributed by atoms with Crippen LogP contribution in [0.1, 0.15) is 6.42 Å². The van der Waals surface area contributed by atoms with Crippen LogP contribution in [-0.4, -0.2) is 41.5 Å². The van der Waals surface area contributed by atoms with Gasteiger partial charge in [0.25, 0.3) is 0 Å². The van der Waals surface area contributed by atoms with Gasteiger partial charge in [-0.05, 0) is 24.0 Å². The topological polar surface area (TPSA) is 63.9 Å². The first-order chi connectivity index (χ1) is 7.16. The molecule has 1 aromatic carbocycles. The Morgan fingerprint density at radius 2 is 1.87 bits per heavy atom. The van der Waals surface area contributed by atoms with Crippen LogP contribution in [0.3, 0.4) is 0 Å². The SMILES string of the molecule is OB(O)c1ccc(N2CC[C@@H](O)C2)cc1. The summed E-state index contributed by atoms with van der Waals surface area (Å²) in [5, 5.41) is 27.2. The molecule has 5 heteroatoms. The van der Waals surface area contributed by atoms with Crippen molar-refractivity contribution in [2.45, 2.75) is 12.5 Å². The van der Waals surface area contributed by atoms with Gasteiger partial charge in [0, 0.05) is 18.8 Å². The number of benzene rings is 1. The standard InChI is InChI=1S/C10H14BNO3/c13-10-5-6-12(7-10)9-3-1-8(2-4-9)11(14)15/h1-4,10,13-15H,5-7H2/t10-/m1/s1. The van der Waals surface area contributed by atoms with Crippen LogP contribution in [0.4, 0.5) is 5.69 Å². The molecule has 80 valence electrons. The van der Waals surface area contributed by atoms with Gasteiger partial charge in [-0.15, -0.1) is 0 Å². The molecular weight excluding hydrogens is 193 g/mol. The van der Waals surface area contributed by atoms with Gasteiger partial charge in [0.05, 0.1) is 6.10 Å². The molecule has 1 fully saturated rings. The van der Waals surface area contributed by atoms with Gasteiger partial charge in [-0.25, -0.2) is 0 Å². The number of aliphatic hydroxyl groups is 1. The molecule has 1 heterocycles. The third-order valence-electron chi connectivity index (χ3n) is 2.72. The maximum atomic E-state index is 9.38. The maximum Gasteiger partial charge on any atom is 0.488 e. The fraction of sp³-hybridized carbons (Fsp3) is 0.400. The second kappa shape index (κ2) is 4.22. The zero-order valence-electron chi connectivity index (χ0n) is 8.37. The van der Waals surface area contributed by atoms with Crippen LogP contribution in [0.15, 0.2) is 24.3 Å². The highest BCUT2D eigenvalue weighted by Gasteiger charge is 2.20. The predicted molar refractivity (Wildman–Crippen MR) is 59.1 cm³/mol. The van der Waals surface area contributed by atoms with E-state index in [9.17, 15) is 5.11 Å². The van der Waals surface area contributed by atoms with Crippen LogP contribution in [0.25, 0.3) is 0 Å². The zero-order chi connectivity index (χ0) is 10.8. The molecule has 1 aliphatic rings. The van der Waals surface area contributed by atoms with Crippen LogP contribution in [0.2, 0.25) is 0 Å². The van der Waals surface area contributed by atoms with Gasteiger partial charge in [-0.2, -0.15) is 0 Å². The molecule has 2 rings (SSSR count). The largest absolute Gasteiger partial charge is 0.488 e. The number of hydrogen-bond donors (Lipinski definition) is 3. The van der Waals surface area contributed by atoms with E-state index in [0.29, 0.717) is 12.0 Å². The van der Waals surface area contributed by atoms with Gasteiger partial charge < -0.3 is 20.1 Å². The lowest BCUT2D eigenvalue weighted by Crippen LogP contribution is -2.30. The molecule has 1 aliphatic heterocycles. The Morgan fingerprint density at radius 3 is 2.33 bits per heavy atom. The zero-order valence-corrected chi connectivity index (χ0v) is 8.37. The average molecular weight is 207 g/mol. The summed E-state index contributed by atoms with van der Waals surface area (Å²) >= 11 is 0. The quantitative estimate of drug-likeness (QED) is 0.541. The Bertz CT molecular complexity index is 328. The third-order valence-corrected chi connectivity index (χ3v) is 2.72. The molecule has 0 radical (unpaired) electrons. The summed E-state index contributed by atoms with van der Waals surface area (Å²) in [6, 6.07) is 7.05. The number of β-amino-alcohol motifs (C(OH)–C–C–N with tert-alkyl or cyclic N) is 1. The number of aliphatic hydroxyl groups excluding tert-OH is 1. The average Bonchev–Trinajstić information content (AvgIpc) is 2.65. The maximum absolute atomic E-state index is 9.38. The highest BCUT2D eigenvalue weighted by molar-refractivity contribution is 6.58. The van der Waals surface area contributed by atoms with Crippen molar-refractivity contribution in [1.29, 1.82) is 0 Å². The summed E-state index contributed by atoms with van der Waals surface area (Å²) in [7, 11) is -1.41. The van der Waals surface area contributed by atoms with Gasteiger partial charge in [0.2, 0.25) is 0 Å². The highest BCUT2D eigenvalue weighted by Crippen LogP contribution is 2.18. The molecule has 0 aromatic heterocycles. The Labute approximate surface area is 88.9 Å². The minimum atomic E-state index is -1.41. The minimum Gasteiger partial charge on any atom is -0.423 e. The van der Waals surface area contributed by atoms with Crippen molar-refractivity contribution in [2.24, 2.45) is 0 Å². The van der Waals surface area contributed by atoms with E-state index < -0.39 is 7.12 Å². The monoisotopic (exact) mass is 207 g/mol. The van der Waals surface area contributed by atoms with Gasteiger partial charge in [-0.1, -0.05) is 12.1 Å². The van der Waals surface area contributed by atoms with E-state index in [4.69, 9.17) is 10.0 Å². The van der Waals surface area contributed by atoms with Crippen LogP contribution in [0, 0.1) is 0 Å². The first-order valence-corrected chi connectivity index (χ1v) is 5.06. The summed E-state index contributed by atoms with van der Waals surface area (Å²) < 4.78 is 0. The van der Waals surface area contributed by atoms with Crippen molar-refractivity contribution >= 4 is 18.3 Å². The van der Waals surface area contributed by atoms with Crippen molar-refractivity contribution in [3.63, 3.8) is 0 Å². The fourth-order valence-electron chi connectivity index (χ4n) is 1.83. The molecule has 0 aliphatic carbocycles. The third kappa shape index (κ3) is 2.31. The molecule has 0 saturated carbocycles. The highest BCUT2D eigenvalue weighted by atomic mass is 16.4. The van der Waals surface area contributed by atoms with Crippen molar-refractivity contribution in [2.75, 3.05) is 18.0 Å². The van der Waals surface area contributed by atoms with Crippen molar-refractivity contribution in [3.8, 4) is 0 Å². The van der Waals surface area contributed by atoms with E-state index in [1.54, 1.807) is 12.1 Å². The minimum absolute atomic E-state index is 0.242. The molecule has 1 aromatic rings. The normalized spacial score (nSPS) is 20.7. The molecule has 1 saturated heterocycles. The van der Waals surface area contributed by atoms with E-state index in [0.717, 1.165) is 18.7 Å². The second-order valence-corrected chi connectivity index (χ2v) is 3.85. The van der Waals surface area contributed by atoms with Crippen LogP contribution in [0.5, 0.6) is 0 Å². The van der Waals surface area contributed by atoms with E-state index in [1.807, 2.05) is 12.1 Å². The molecule has 15 heavy (non-hydrogen) atoms. The second-order valence-electron chi connectivity index (χ2n) is 3.85. The lowest BCUT2D eigenvalue weighted by Gasteiger charge is -2.17. The van der Waals surface area contributed by atoms with Gasteiger partial charge in [-0.3, -0.25) is 0 Å². The van der Waals surface area contributed by atoms with Gasteiger partial charge >= 0.3 is 7.12 Å². The van der Waals surface area contributed by atoms with Gasteiger partial charge in [0.1, 0.15) is 0 Å². The Morgan fingerprint density at radius 1 is 1.20 bits per heavy atom. The van der Waals surface area contributed by atoms with Crippen LogP contribution >= 0.6 is 0 Å². The number of hydrogen-bond acceptors (Lipinski definition) is 4. The fourth-order valence-corrected chi connectivity index (χ4v) is 1.83. The van der Waals surface area contributed by atoms with E-state index in [1.165, 1.54) is 0 Å². The lowest BCUT2D eigenvalue weighted by molar-refractivity contribution is 0.198. The summed E-state index contributed by atoms with van der Waals surface area (Å²) in [4.78, 5) is 2.08. The van der Waals surface area contributed by atoms with E-state index in [2.05, 4.69) is 4.90 Å². The van der Waals surface area contributed by atoms with Crippen molar-refractivity contribution in [3.05, 3.63) is 24.3 Å². The van der Waals surface area contributed by atoms with Crippen molar-refractivity contribution < 1.29 is 15.2 Å². The number of anilines is 1. The lowest BCUT2D eigenvalue weighted by atomic mass is 9.80. The first kappa shape index (κ1) is 10.5. The smallest absolute Gasteiger partial charge is 0.423 e. The predicted octanol–water partition coefficient (Wildman–Crippen LogP) is -1.06. The van der Waals surface area contributed by atoms with E-state index >= 15 is 0 Å². The molecule has 3 N–H and O–H groups in total. The van der Waals surface area contributed by atoms with Crippen molar-refractivity contribution in [1.82, 2.24) is 0 Å². The number of rotatable bonds is 2. The molecule has 4 nitrogen and oxygen atoms in total. The molecule has 0 unspecified atom stereocenters. The Kier molecular flexibility index (Phi) is 2.95. The summed E-state index contributed by atoms with van der Waals surface area (Å²) in [6.45, 7) is 1.50. The van der Waals surface area contributed by atoms with Gasteiger partial charge in [0.15, 0.2) is 0 Å². The summed E-state index contributed by atoms with van der Waals surface area (Å²) in [6.07, 6.45) is 0.554. The van der Waals surface area contributed by atoms with Crippen LogP contribution in [-0.2, 0) is 0 Å². The Balaban J connectivity index is 2.10. The number of nitrogens with zero attached hydrogens (tertiary/aromatic N) is 1. The first-order valence-electron chi connectivity index (χ1n) is 5.06. The molecule has 1 atom stereocenters. The molecular formula is C10H14BNO3. The van der Waals surface area contributed by atoms with Crippen LogP contribution < -0.4 is 10.4 Å². The molecule has 0 bridgehead atoms. The Hall–Kier alpha value is -1.04.